The van der Waals surface area contributed by atoms with E-state index < -0.39 is 16.0 Å². The number of esters is 1. The number of halogens is 1. The third-order valence-electron chi connectivity index (χ3n) is 3.53. The average Bonchev–Trinajstić information content (AvgIpc) is 2.96. The van der Waals surface area contributed by atoms with Gasteiger partial charge in [0.15, 0.2) is 0 Å². The van der Waals surface area contributed by atoms with Crippen molar-refractivity contribution in [2.45, 2.75) is 25.3 Å². The van der Waals surface area contributed by atoms with E-state index in [-0.39, 0.29) is 11.4 Å². The summed E-state index contributed by atoms with van der Waals surface area (Å²) in [6.45, 7) is 4.03. The molecule has 0 saturated carbocycles. The van der Waals surface area contributed by atoms with E-state index in [1.165, 1.54) is 41.0 Å². The molecule has 8 heteroatoms. The van der Waals surface area contributed by atoms with Gasteiger partial charge in [-0.1, -0.05) is 18.5 Å². The molecule has 130 valence electrons. The van der Waals surface area contributed by atoms with Crippen molar-refractivity contribution < 1.29 is 17.9 Å². The van der Waals surface area contributed by atoms with E-state index in [4.69, 9.17) is 11.6 Å². The van der Waals surface area contributed by atoms with Crippen molar-refractivity contribution in [2.24, 2.45) is 0 Å². The summed E-state index contributed by atoms with van der Waals surface area (Å²) >= 11 is 7.27. The van der Waals surface area contributed by atoms with Crippen LogP contribution in [0, 0.1) is 6.92 Å². The van der Waals surface area contributed by atoms with Gasteiger partial charge in [-0.05, 0) is 42.8 Å². The Morgan fingerprint density at radius 1 is 1.29 bits per heavy atom. The van der Waals surface area contributed by atoms with Gasteiger partial charge in [0.25, 0.3) is 0 Å². The molecule has 0 unspecified atom stereocenters. The largest absolute Gasteiger partial charge is 0.465 e. The molecule has 5 nitrogen and oxygen atoms in total. The zero-order chi connectivity index (χ0) is 17.9. The fourth-order valence-electron chi connectivity index (χ4n) is 2.30. The van der Waals surface area contributed by atoms with Gasteiger partial charge < -0.3 is 4.74 Å². The molecule has 0 aliphatic heterocycles. The van der Waals surface area contributed by atoms with Gasteiger partial charge in [0.2, 0.25) is 10.0 Å². The van der Waals surface area contributed by atoms with Crippen LogP contribution in [-0.2, 0) is 21.3 Å². The van der Waals surface area contributed by atoms with Gasteiger partial charge in [-0.25, -0.2) is 13.2 Å². The lowest BCUT2D eigenvalue weighted by molar-refractivity contribution is 0.0600. The summed E-state index contributed by atoms with van der Waals surface area (Å²) < 4.78 is 32.5. The molecule has 0 saturated heterocycles. The highest BCUT2D eigenvalue weighted by Gasteiger charge is 2.26. The molecule has 1 heterocycles. The molecule has 0 bridgehead atoms. The quantitative estimate of drug-likeness (QED) is 0.709. The van der Waals surface area contributed by atoms with Gasteiger partial charge in [-0.15, -0.1) is 11.3 Å². The minimum atomic E-state index is -3.68. The number of hydrogen-bond acceptors (Lipinski definition) is 5. The zero-order valence-corrected chi connectivity index (χ0v) is 16.0. The second kappa shape index (κ2) is 7.65. The lowest BCUT2D eigenvalue weighted by Crippen LogP contribution is -2.30. The van der Waals surface area contributed by atoms with Gasteiger partial charge >= 0.3 is 5.97 Å². The van der Waals surface area contributed by atoms with E-state index in [0.29, 0.717) is 22.0 Å². The molecule has 0 fully saturated rings. The summed E-state index contributed by atoms with van der Waals surface area (Å²) in [5.41, 5.74) is 0.822. The molecule has 24 heavy (non-hydrogen) atoms. The highest BCUT2D eigenvalue weighted by molar-refractivity contribution is 7.89. The Morgan fingerprint density at radius 3 is 2.50 bits per heavy atom. The van der Waals surface area contributed by atoms with E-state index in [0.717, 1.165) is 4.88 Å². The normalized spacial score (nSPS) is 11.7. The van der Waals surface area contributed by atoms with Crippen LogP contribution in [0.1, 0.15) is 27.7 Å². The standard InChI is InChI=1S/C16H18ClNO4S2/c1-4-18(10-13-6-8-15(17)23-13)24(20,21)14-7-5-12(9-11(14)2)16(19)22-3/h5-9H,4,10H2,1-3H3. The molecule has 0 radical (unpaired) electrons. The number of rotatable bonds is 6. The predicted octanol–water partition coefficient (Wildman–Crippen LogP) is 3.71. The van der Waals surface area contributed by atoms with Gasteiger partial charge in [0, 0.05) is 18.0 Å². The summed E-state index contributed by atoms with van der Waals surface area (Å²) in [6.07, 6.45) is 0. The molecule has 0 amide bonds. The highest BCUT2D eigenvalue weighted by Crippen LogP contribution is 2.27. The maximum Gasteiger partial charge on any atom is 0.337 e. The number of aryl methyl sites for hydroxylation is 1. The molecule has 0 spiro atoms. The molecule has 2 aromatic rings. The van der Waals surface area contributed by atoms with Gasteiger partial charge in [-0.2, -0.15) is 4.31 Å². The summed E-state index contributed by atoms with van der Waals surface area (Å²) in [5, 5.41) is 0. The SMILES string of the molecule is CCN(Cc1ccc(Cl)s1)S(=O)(=O)c1ccc(C(=O)OC)cc1C. The van der Waals surface area contributed by atoms with Crippen LogP contribution in [0.5, 0.6) is 0 Å². The van der Waals surface area contributed by atoms with E-state index in [1.54, 1.807) is 19.9 Å². The van der Waals surface area contributed by atoms with E-state index in [2.05, 4.69) is 4.74 Å². The Kier molecular flexibility index (Phi) is 6.03. The topological polar surface area (TPSA) is 63.7 Å². The first-order chi connectivity index (χ1) is 11.3. The minimum absolute atomic E-state index is 0.180. The van der Waals surface area contributed by atoms with Crippen molar-refractivity contribution in [1.82, 2.24) is 4.31 Å². The van der Waals surface area contributed by atoms with Gasteiger partial charge in [-0.3, -0.25) is 0 Å². The van der Waals surface area contributed by atoms with Crippen molar-refractivity contribution in [3.63, 3.8) is 0 Å². The number of sulfonamides is 1. The maximum absolute atomic E-state index is 12.9. The fraction of sp³-hybridized carbons (Fsp3) is 0.312. The van der Waals surface area contributed by atoms with Crippen LogP contribution >= 0.6 is 22.9 Å². The molecule has 0 N–H and O–H groups in total. The van der Waals surface area contributed by atoms with Crippen molar-refractivity contribution in [3.8, 4) is 0 Å². The molecular weight excluding hydrogens is 370 g/mol. The first-order valence-corrected chi connectivity index (χ1v) is 9.86. The van der Waals surface area contributed by atoms with Crippen LogP contribution < -0.4 is 0 Å². The zero-order valence-electron chi connectivity index (χ0n) is 13.6. The third kappa shape index (κ3) is 3.97. The predicted molar refractivity (Wildman–Crippen MR) is 95.1 cm³/mol. The lowest BCUT2D eigenvalue weighted by atomic mass is 10.1. The summed E-state index contributed by atoms with van der Waals surface area (Å²) in [7, 11) is -2.39. The van der Waals surface area contributed by atoms with Crippen molar-refractivity contribution in [1.29, 1.82) is 0 Å². The molecule has 0 aliphatic rings. The third-order valence-corrected chi connectivity index (χ3v) is 6.82. The van der Waals surface area contributed by atoms with Crippen LogP contribution in [0.3, 0.4) is 0 Å². The smallest absolute Gasteiger partial charge is 0.337 e. The fourth-order valence-corrected chi connectivity index (χ4v) is 5.12. The van der Waals surface area contributed by atoms with E-state index in [9.17, 15) is 13.2 Å². The molecule has 2 rings (SSSR count). The second-order valence-electron chi connectivity index (χ2n) is 5.11. The number of thiophene rings is 1. The highest BCUT2D eigenvalue weighted by atomic mass is 35.5. The Morgan fingerprint density at radius 2 is 2.00 bits per heavy atom. The first kappa shape index (κ1) is 18.9. The van der Waals surface area contributed by atoms with Crippen LogP contribution in [0.4, 0.5) is 0 Å². The Labute approximate surface area is 150 Å². The van der Waals surface area contributed by atoms with Gasteiger partial charge in [0.05, 0.1) is 21.9 Å². The number of methoxy groups -OCH3 is 1. The van der Waals surface area contributed by atoms with Crippen molar-refractivity contribution >= 4 is 38.9 Å². The van der Waals surface area contributed by atoms with E-state index >= 15 is 0 Å². The maximum atomic E-state index is 12.9. The molecular formula is C16H18ClNO4S2. The molecule has 1 aromatic carbocycles. The molecule has 0 aliphatic carbocycles. The Balaban J connectivity index is 2.35. The molecule has 1 aromatic heterocycles. The summed E-state index contributed by atoms with van der Waals surface area (Å²) in [6, 6.07) is 7.99. The van der Waals surface area contributed by atoms with Crippen molar-refractivity contribution in [3.05, 3.63) is 50.7 Å². The average molecular weight is 388 g/mol. The summed E-state index contributed by atoms with van der Waals surface area (Å²) in [4.78, 5) is 12.6. The van der Waals surface area contributed by atoms with Crippen molar-refractivity contribution in [2.75, 3.05) is 13.7 Å². The van der Waals surface area contributed by atoms with E-state index in [1.807, 2.05) is 6.07 Å². The van der Waals surface area contributed by atoms with Gasteiger partial charge in [0.1, 0.15) is 0 Å². The van der Waals surface area contributed by atoms with Crippen LogP contribution in [0.2, 0.25) is 4.34 Å². The number of nitrogens with zero attached hydrogens (tertiary/aromatic N) is 1. The first-order valence-electron chi connectivity index (χ1n) is 7.23. The second-order valence-corrected chi connectivity index (χ2v) is 8.81. The molecule has 0 atom stereocenters. The number of ether oxygens (including phenoxy) is 1. The number of benzene rings is 1. The monoisotopic (exact) mass is 387 g/mol. The Bertz CT molecular complexity index is 846. The van der Waals surface area contributed by atoms with Crippen LogP contribution in [0.15, 0.2) is 35.2 Å². The number of carbonyl (C=O) groups is 1. The number of hydrogen-bond donors (Lipinski definition) is 0. The minimum Gasteiger partial charge on any atom is -0.465 e. The van der Waals surface area contributed by atoms with Crippen LogP contribution in [-0.4, -0.2) is 32.3 Å². The lowest BCUT2D eigenvalue weighted by Gasteiger charge is -2.21. The summed E-state index contributed by atoms with van der Waals surface area (Å²) in [5.74, 6) is -0.498. The number of carbonyl (C=O) groups excluding carboxylic acids is 1. The van der Waals surface area contributed by atoms with Crippen LogP contribution in [0.25, 0.3) is 0 Å². The Hall–Kier alpha value is -1.41.